The second-order valence-corrected chi connectivity index (χ2v) is 7.22. The fraction of sp³-hybridized carbons (Fsp3) is 0.150. The summed E-state index contributed by atoms with van der Waals surface area (Å²) in [4.78, 5) is 23.7. The normalized spacial score (nSPS) is 10.4. The van der Waals surface area contributed by atoms with Gasteiger partial charge in [-0.25, -0.2) is 0 Å². The molecular formula is C20H20BrN3O3S. The predicted molar refractivity (Wildman–Crippen MR) is 117 cm³/mol. The van der Waals surface area contributed by atoms with Crippen molar-refractivity contribution in [3.63, 3.8) is 0 Å². The summed E-state index contributed by atoms with van der Waals surface area (Å²) < 4.78 is 6.18. The Bertz CT molecular complexity index is 898. The number of aryl methyl sites for hydroxylation is 2. The number of ether oxygens (including phenoxy) is 1. The molecule has 2 aromatic rings. The van der Waals surface area contributed by atoms with Gasteiger partial charge in [-0.15, -0.1) is 0 Å². The van der Waals surface area contributed by atoms with Crippen LogP contribution >= 0.6 is 28.1 Å². The van der Waals surface area contributed by atoms with Crippen molar-refractivity contribution in [3.8, 4) is 5.75 Å². The lowest BCUT2D eigenvalue weighted by Crippen LogP contribution is -2.49. The molecule has 0 aliphatic rings. The van der Waals surface area contributed by atoms with Crippen LogP contribution in [0.2, 0.25) is 0 Å². The Morgan fingerprint density at radius 3 is 2.43 bits per heavy atom. The molecule has 0 saturated heterocycles. The summed E-state index contributed by atoms with van der Waals surface area (Å²) in [5.74, 6) is -0.302. The third-order valence-electron chi connectivity index (χ3n) is 3.50. The lowest BCUT2D eigenvalue weighted by atomic mass is 10.1. The van der Waals surface area contributed by atoms with Gasteiger partial charge in [0.15, 0.2) is 11.7 Å². The summed E-state index contributed by atoms with van der Waals surface area (Å²) >= 11 is 8.34. The molecule has 0 unspecified atom stereocenters. The number of amides is 2. The summed E-state index contributed by atoms with van der Waals surface area (Å²) in [7, 11) is 0. The van der Waals surface area contributed by atoms with E-state index in [0.29, 0.717) is 5.75 Å². The van der Waals surface area contributed by atoms with E-state index in [9.17, 15) is 9.59 Å². The topological polar surface area (TPSA) is 79.5 Å². The number of thiocarbonyl (C=S) groups is 1. The van der Waals surface area contributed by atoms with Crippen molar-refractivity contribution in [1.82, 2.24) is 16.2 Å². The fourth-order valence-corrected chi connectivity index (χ4v) is 2.82. The lowest BCUT2D eigenvalue weighted by Gasteiger charge is -2.11. The quantitative estimate of drug-likeness (QED) is 0.362. The largest absolute Gasteiger partial charge is 0.483 e. The molecule has 0 aliphatic carbocycles. The van der Waals surface area contributed by atoms with Crippen LogP contribution in [0, 0.1) is 13.8 Å². The van der Waals surface area contributed by atoms with Crippen molar-refractivity contribution in [2.45, 2.75) is 13.8 Å². The summed E-state index contributed by atoms with van der Waals surface area (Å²) in [5.41, 5.74) is 7.92. The van der Waals surface area contributed by atoms with Gasteiger partial charge in [-0.05, 0) is 71.3 Å². The van der Waals surface area contributed by atoms with E-state index in [4.69, 9.17) is 17.0 Å². The van der Waals surface area contributed by atoms with Crippen molar-refractivity contribution < 1.29 is 14.3 Å². The molecule has 0 heterocycles. The Labute approximate surface area is 177 Å². The Balaban J connectivity index is 1.71. The molecule has 0 aromatic heterocycles. The Hall–Kier alpha value is -2.71. The highest BCUT2D eigenvalue weighted by Crippen LogP contribution is 2.25. The first-order chi connectivity index (χ1) is 13.3. The van der Waals surface area contributed by atoms with Gasteiger partial charge in [0.1, 0.15) is 5.75 Å². The summed E-state index contributed by atoms with van der Waals surface area (Å²) in [6.45, 7) is 3.73. The van der Waals surface area contributed by atoms with E-state index in [2.05, 4.69) is 32.1 Å². The average molecular weight is 462 g/mol. The molecular weight excluding hydrogens is 442 g/mol. The summed E-state index contributed by atoms with van der Waals surface area (Å²) in [5, 5.41) is 2.41. The SMILES string of the molecule is Cc1ccc(C=CC(=O)NC(=S)NNC(=O)COc2ccc(C)cc2Br)cc1. The van der Waals surface area contributed by atoms with Gasteiger partial charge in [0.05, 0.1) is 4.47 Å². The van der Waals surface area contributed by atoms with E-state index < -0.39 is 11.8 Å². The number of hydrogen-bond acceptors (Lipinski definition) is 4. The first-order valence-electron chi connectivity index (χ1n) is 8.37. The molecule has 0 saturated carbocycles. The average Bonchev–Trinajstić information content (AvgIpc) is 2.65. The fourth-order valence-electron chi connectivity index (χ4n) is 2.06. The van der Waals surface area contributed by atoms with Crippen LogP contribution in [0.25, 0.3) is 6.08 Å². The van der Waals surface area contributed by atoms with Crippen molar-refractivity contribution in [1.29, 1.82) is 0 Å². The molecule has 0 spiro atoms. The van der Waals surface area contributed by atoms with Crippen LogP contribution in [0.5, 0.6) is 5.75 Å². The Morgan fingerprint density at radius 2 is 1.75 bits per heavy atom. The maximum absolute atomic E-state index is 11.8. The third-order valence-corrected chi connectivity index (χ3v) is 4.33. The minimum Gasteiger partial charge on any atom is -0.483 e. The standard InChI is InChI=1S/C20H20BrN3O3S/c1-13-3-6-15(7-4-13)8-10-18(25)22-20(28)24-23-19(26)12-27-17-9-5-14(2)11-16(17)21/h3-11H,12H2,1-2H3,(H,23,26)(H2,22,24,25,28). The highest BCUT2D eigenvalue weighted by molar-refractivity contribution is 9.10. The minimum absolute atomic E-state index is 0.0246. The molecule has 0 atom stereocenters. The van der Waals surface area contributed by atoms with Crippen molar-refractivity contribution >= 4 is 51.2 Å². The maximum Gasteiger partial charge on any atom is 0.276 e. The van der Waals surface area contributed by atoms with Gasteiger partial charge in [-0.2, -0.15) is 0 Å². The van der Waals surface area contributed by atoms with Crippen LogP contribution in [0.4, 0.5) is 0 Å². The highest BCUT2D eigenvalue weighted by atomic mass is 79.9. The first kappa shape index (κ1) is 21.6. The van der Waals surface area contributed by atoms with Crippen LogP contribution in [-0.4, -0.2) is 23.5 Å². The number of carbonyl (C=O) groups excluding carboxylic acids is 2. The van der Waals surface area contributed by atoms with Gasteiger partial charge < -0.3 is 4.74 Å². The predicted octanol–water partition coefficient (Wildman–Crippen LogP) is 3.18. The minimum atomic E-state index is -0.445. The smallest absolute Gasteiger partial charge is 0.276 e. The molecule has 3 N–H and O–H groups in total. The summed E-state index contributed by atoms with van der Waals surface area (Å²) in [6, 6.07) is 13.3. The molecule has 0 radical (unpaired) electrons. The van der Waals surface area contributed by atoms with E-state index in [-0.39, 0.29) is 11.7 Å². The molecule has 2 rings (SSSR count). The zero-order chi connectivity index (χ0) is 20.5. The van der Waals surface area contributed by atoms with E-state index in [0.717, 1.165) is 21.2 Å². The van der Waals surface area contributed by atoms with Crippen LogP contribution in [-0.2, 0) is 9.59 Å². The van der Waals surface area contributed by atoms with Crippen molar-refractivity contribution in [2.75, 3.05) is 6.61 Å². The molecule has 6 nitrogen and oxygen atoms in total. The van der Waals surface area contributed by atoms with Gasteiger partial charge in [0.25, 0.3) is 5.91 Å². The second-order valence-electron chi connectivity index (χ2n) is 5.96. The van der Waals surface area contributed by atoms with Gasteiger partial charge in [0.2, 0.25) is 5.91 Å². The van der Waals surface area contributed by atoms with Gasteiger partial charge in [-0.1, -0.05) is 35.9 Å². The first-order valence-corrected chi connectivity index (χ1v) is 9.57. The van der Waals surface area contributed by atoms with Crippen LogP contribution in [0.1, 0.15) is 16.7 Å². The van der Waals surface area contributed by atoms with Crippen LogP contribution < -0.4 is 20.9 Å². The Kier molecular flexibility index (Phi) is 8.16. The van der Waals surface area contributed by atoms with Gasteiger partial charge >= 0.3 is 0 Å². The molecule has 2 aromatic carbocycles. The third kappa shape index (κ3) is 7.50. The molecule has 0 bridgehead atoms. The van der Waals surface area contributed by atoms with Crippen LogP contribution in [0.15, 0.2) is 53.0 Å². The van der Waals surface area contributed by atoms with Crippen molar-refractivity contribution in [3.05, 3.63) is 69.7 Å². The molecule has 0 aliphatic heterocycles. The van der Waals surface area contributed by atoms with E-state index in [1.54, 1.807) is 12.1 Å². The zero-order valence-corrected chi connectivity index (χ0v) is 17.8. The molecule has 2 amide bonds. The number of hydrazine groups is 1. The van der Waals surface area contributed by atoms with Crippen molar-refractivity contribution in [2.24, 2.45) is 0 Å². The number of carbonyl (C=O) groups is 2. The Morgan fingerprint density at radius 1 is 1.07 bits per heavy atom. The monoisotopic (exact) mass is 461 g/mol. The highest BCUT2D eigenvalue weighted by Gasteiger charge is 2.07. The van der Waals surface area contributed by atoms with E-state index >= 15 is 0 Å². The van der Waals surface area contributed by atoms with Gasteiger partial charge in [-0.3, -0.25) is 25.8 Å². The number of nitrogens with one attached hydrogen (secondary N) is 3. The molecule has 8 heteroatoms. The second kappa shape index (κ2) is 10.6. The summed E-state index contributed by atoms with van der Waals surface area (Å²) in [6.07, 6.45) is 3.03. The molecule has 28 heavy (non-hydrogen) atoms. The van der Waals surface area contributed by atoms with Gasteiger partial charge in [0, 0.05) is 6.08 Å². The molecule has 0 fully saturated rings. The van der Waals surface area contributed by atoms with Crippen LogP contribution in [0.3, 0.4) is 0 Å². The maximum atomic E-state index is 11.8. The number of hydrogen-bond donors (Lipinski definition) is 3. The van der Waals surface area contributed by atoms with E-state index in [1.807, 2.05) is 50.2 Å². The number of rotatable bonds is 5. The zero-order valence-electron chi connectivity index (χ0n) is 15.4. The molecule has 146 valence electrons. The number of benzene rings is 2. The number of halogens is 1. The lowest BCUT2D eigenvalue weighted by molar-refractivity contribution is -0.123. The van der Waals surface area contributed by atoms with E-state index in [1.165, 1.54) is 6.08 Å².